The van der Waals surface area contributed by atoms with E-state index in [0.29, 0.717) is 24.3 Å². The van der Waals surface area contributed by atoms with Gasteiger partial charge < -0.3 is 10.6 Å². The highest BCUT2D eigenvalue weighted by Crippen LogP contribution is 2.38. The van der Waals surface area contributed by atoms with Crippen molar-refractivity contribution in [2.24, 2.45) is 5.92 Å². The van der Waals surface area contributed by atoms with Crippen LogP contribution in [0.4, 0.5) is 5.82 Å². The number of nitrogens with one attached hydrogen (secondary N) is 3. The van der Waals surface area contributed by atoms with Gasteiger partial charge in [-0.2, -0.15) is 5.10 Å². The molecule has 34 heavy (non-hydrogen) atoms. The molecule has 4 rings (SSSR count). The number of amides is 1. The SMILES string of the molecule is CCC(CC)(C(=O)NC(=N)c1cnn2c1NC(C1C=CC=CC1)CC2(C)C)c1ccc(C)cc1. The maximum absolute atomic E-state index is 13.6. The van der Waals surface area contributed by atoms with Crippen LogP contribution < -0.4 is 10.6 Å². The van der Waals surface area contributed by atoms with Crippen LogP contribution in [0.5, 0.6) is 0 Å². The Morgan fingerprint density at radius 2 is 1.94 bits per heavy atom. The van der Waals surface area contributed by atoms with E-state index in [4.69, 9.17) is 5.41 Å². The van der Waals surface area contributed by atoms with Crippen molar-refractivity contribution in [1.82, 2.24) is 15.1 Å². The van der Waals surface area contributed by atoms with Gasteiger partial charge in [-0.25, -0.2) is 4.68 Å². The van der Waals surface area contributed by atoms with E-state index < -0.39 is 5.41 Å². The highest BCUT2D eigenvalue weighted by atomic mass is 16.2. The molecule has 1 aliphatic carbocycles. The van der Waals surface area contributed by atoms with Crippen LogP contribution in [0.2, 0.25) is 0 Å². The molecule has 2 aromatic rings. The summed E-state index contributed by atoms with van der Waals surface area (Å²) in [5, 5.41) is 20.0. The summed E-state index contributed by atoms with van der Waals surface area (Å²) in [6.45, 7) is 10.5. The van der Waals surface area contributed by atoms with Crippen LogP contribution in [0.25, 0.3) is 0 Å². The van der Waals surface area contributed by atoms with E-state index in [1.807, 2.05) is 49.7 Å². The number of carbonyl (C=O) groups is 1. The molecule has 1 amide bonds. The first kappa shape index (κ1) is 24.0. The molecule has 0 spiro atoms. The fraction of sp³-hybridized carbons (Fsp3) is 0.464. The van der Waals surface area contributed by atoms with Crippen molar-refractivity contribution < 1.29 is 4.79 Å². The Kier molecular flexibility index (Phi) is 6.52. The molecule has 0 radical (unpaired) electrons. The van der Waals surface area contributed by atoms with Crippen LogP contribution in [0.15, 0.2) is 54.8 Å². The smallest absolute Gasteiger partial charge is 0.236 e. The first-order chi connectivity index (χ1) is 16.2. The predicted molar refractivity (Wildman–Crippen MR) is 138 cm³/mol. The number of allylic oxidation sites excluding steroid dienone is 3. The zero-order valence-corrected chi connectivity index (χ0v) is 21.0. The van der Waals surface area contributed by atoms with Gasteiger partial charge >= 0.3 is 0 Å². The quantitative estimate of drug-likeness (QED) is 0.397. The Balaban J connectivity index is 1.60. The Hall–Kier alpha value is -3.15. The van der Waals surface area contributed by atoms with Gasteiger partial charge in [0.1, 0.15) is 11.7 Å². The third-order valence-corrected chi connectivity index (χ3v) is 7.67. The number of rotatable bonds is 6. The largest absolute Gasteiger partial charge is 0.366 e. The summed E-state index contributed by atoms with van der Waals surface area (Å²) < 4.78 is 1.97. The maximum atomic E-state index is 13.6. The van der Waals surface area contributed by atoms with Crippen molar-refractivity contribution in [2.45, 2.75) is 77.3 Å². The maximum Gasteiger partial charge on any atom is 0.236 e. The number of carbonyl (C=O) groups excluding carboxylic acids is 1. The molecule has 0 saturated heterocycles. The summed E-state index contributed by atoms with van der Waals surface area (Å²) >= 11 is 0. The molecular formula is C28H37N5O. The van der Waals surface area contributed by atoms with Crippen LogP contribution in [0.1, 0.15) is 70.1 Å². The molecule has 2 heterocycles. The average Bonchev–Trinajstić information content (AvgIpc) is 3.27. The highest BCUT2D eigenvalue weighted by molar-refractivity contribution is 6.11. The van der Waals surface area contributed by atoms with Gasteiger partial charge in [0.25, 0.3) is 0 Å². The van der Waals surface area contributed by atoms with E-state index in [9.17, 15) is 4.79 Å². The van der Waals surface area contributed by atoms with Gasteiger partial charge in [0.15, 0.2) is 0 Å². The molecule has 0 bridgehead atoms. The van der Waals surface area contributed by atoms with Crippen LogP contribution in [0.3, 0.4) is 0 Å². The molecule has 0 fully saturated rings. The second kappa shape index (κ2) is 9.24. The predicted octanol–water partition coefficient (Wildman–Crippen LogP) is 5.44. The van der Waals surface area contributed by atoms with Crippen LogP contribution in [-0.4, -0.2) is 27.6 Å². The molecule has 2 unspecified atom stereocenters. The van der Waals surface area contributed by atoms with Gasteiger partial charge in [0.2, 0.25) is 5.91 Å². The molecule has 2 aliphatic rings. The summed E-state index contributed by atoms with van der Waals surface area (Å²) in [4.78, 5) is 13.6. The van der Waals surface area contributed by atoms with Crippen LogP contribution in [0, 0.1) is 18.3 Å². The molecule has 1 aromatic carbocycles. The number of hydrogen-bond acceptors (Lipinski definition) is 4. The third-order valence-electron chi connectivity index (χ3n) is 7.67. The molecule has 2 atom stereocenters. The van der Waals surface area contributed by atoms with Gasteiger partial charge in [-0.05, 0) is 52.0 Å². The molecule has 6 heteroatoms. The Labute approximate surface area is 203 Å². The standard InChI is InChI=1S/C28H37N5O/c1-6-28(7-2,21-15-13-19(3)14-16-21)26(34)32-24(29)22-18-30-33-25(22)31-23(17-27(33,4)5)20-11-9-8-10-12-20/h8-11,13-16,18,20,23,31H,6-7,12,17H2,1-5H3,(H2,29,32,34). The second-order valence-corrected chi connectivity index (χ2v) is 10.3. The monoisotopic (exact) mass is 459 g/mol. The first-order valence-electron chi connectivity index (χ1n) is 12.4. The summed E-state index contributed by atoms with van der Waals surface area (Å²) in [6.07, 6.45) is 13.6. The van der Waals surface area contributed by atoms with Crippen molar-refractivity contribution in [2.75, 3.05) is 5.32 Å². The number of benzene rings is 1. The van der Waals surface area contributed by atoms with E-state index in [1.54, 1.807) is 6.20 Å². The fourth-order valence-electron chi connectivity index (χ4n) is 5.42. The minimum atomic E-state index is -0.679. The zero-order chi connectivity index (χ0) is 24.5. The minimum absolute atomic E-state index is 0.0904. The van der Waals surface area contributed by atoms with Crippen molar-refractivity contribution in [3.05, 3.63) is 71.5 Å². The number of hydrogen-bond donors (Lipinski definition) is 3. The molecular weight excluding hydrogens is 422 g/mol. The Morgan fingerprint density at radius 3 is 2.56 bits per heavy atom. The average molecular weight is 460 g/mol. The van der Waals surface area contributed by atoms with Gasteiger partial charge in [0, 0.05) is 12.0 Å². The van der Waals surface area contributed by atoms with E-state index in [-0.39, 0.29) is 23.3 Å². The molecule has 0 saturated carbocycles. The second-order valence-electron chi connectivity index (χ2n) is 10.3. The van der Waals surface area contributed by atoms with Crippen molar-refractivity contribution in [3.8, 4) is 0 Å². The van der Waals surface area contributed by atoms with Crippen LogP contribution in [-0.2, 0) is 15.7 Å². The summed E-state index contributed by atoms with van der Waals surface area (Å²) in [5.74, 6) is 1.15. The number of amidine groups is 1. The lowest BCUT2D eigenvalue weighted by Gasteiger charge is -2.41. The topological polar surface area (TPSA) is 82.8 Å². The number of fused-ring (bicyclic) bond motifs is 1. The molecule has 3 N–H and O–H groups in total. The zero-order valence-electron chi connectivity index (χ0n) is 21.0. The van der Waals surface area contributed by atoms with Crippen LogP contribution >= 0.6 is 0 Å². The molecule has 1 aliphatic heterocycles. The first-order valence-corrected chi connectivity index (χ1v) is 12.4. The van der Waals surface area contributed by atoms with E-state index >= 15 is 0 Å². The van der Waals surface area contributed by atoms with Crippen molar-refractivity contribution in [1.29, 1.82) is 5.41 Å². The van der Waals surface area contributed by atoms with Gasteiger partial charge in [-0.3, -0.25) is 10.2 Å². The number of nitrogens with zero attached hydrogens (tertiary/aromatic N) is 2. The van der Waals surface area contributed by atoms with Gasteiger partial charge in [-0.15, -0.1) is 0 Å². The third kappa shape index (κ3) is 4.22. The molecule has 1 aromatic heterocycles. The van der Waals surface area contributed by atoms with Crippen molar-refractivity contribution in [3.63, 3.8) is 0 Å². The van der Waals surface area contributed by atoms with E-state index in [2.05, 4.69) is 53.9 Å². The van der Waals surface area contributed by atoms with Crippen molar-refractivity contribution >= 4 is 17.6 Å². The van der Waals surface area contributed by atoms with E-state index in [0.717, 1.165) is 29.8 Å². The Morgan fingerprint density at radius 1 is 1.24 bits per heavy atom. The normalized spacial score (nSPS) is 21.0. The summed E-state index contributed by atoms with van der Waals surface area (Å²) in [7, 11) is 0. The lowest BCUT2D eigenvalue weighted by atomic mass is 9.74. The fourth-order valence-corrected chi connectivity index (χ4v) is 5.42. The summed E-state index contributed by atoms with van der Waals surface area (Å²) in [5.41, 5.74) is 1.91. The number of aryl methyl sites for hydroxylation is 1. The molecule has 180 valence electrons. The summed E-state index contributed by atoms with van der Waals surface area (Å²) in [6, 6.07) is 8.40. The van der Waals surface area contributed by atoms with Gasteiger partial charge in [-0.1, -0.05) is 68.0 Å². The number of aromatic nitrogens is 2. The minimum Gasteiger partial charge on any atom is -0.366 e. The highest BCUT2D eigenvalue weighted by Gasteiger charge is 2.40. The lowest BCUT2D eigenvalue weighted by molar-refractivity contribution is -0.125. The van der Waals surface area contributed by atoms with E-state index in [1.165, 1.54) is 0 Å². The molecule has 6 nitrogen and oxygen atoms in total. The number of anilines is 1. The lowest BCUT2D eigenvalue weighted by Crippen LogP contribution is -2.47. The Bertz CT molecular complexity index is 1120. The van der Waals surface area contributed by atoms with Gasteiger partial charge in [0.05, 0.1) is 22.7 Å².